The fourth-order valence-corrected chi connectivity index (χ4v) is 6.40. The molecule has 1 saturated carbocycles. The maximum absolute atomic E-state index is 13.7. The molecule has 1 amide bonds. The molecule has 2 aromatic heterocycles. The van der Waals surface area contributed by atoms with Gasteiger partial charge in [0.25, 0.3) is 5.91 Å². The van der Waals surface area contributed by atoms with Crippen molar-refractivity contribution in [1.82, 2.24) is 19.7 Å². The first-order valence-corrected chi connectivity index (χ1v) is 15.5. The number of morpholine rings is 1. The molecule has 3 aliphatic heterocycles. The standard InChI is InChI=1S/C32H40N8O3/c1-21-16-24-17-27(35-21)26-19-34-38(2)31(26)43-13-3-4-23(22-5-6-22)20-40-29-8-7-25(18-28(29)36-32(40)37-30(24)41)33-9-10-39-11-14-42-15-12-39/h7-8,16-19,22-23,33H,3-6,9-15,20H2,1-2H3,(H,36,37,41). The van der Waals surface area contributed by atoms with Gasteiger partial charge in [0.15, 0.2) is 0 Å². The third kappa shape index (κ3) is 6.09. The van der Waals surface area contributed by atoms with Crippen LogP contribution < -0.4 is 20.3 Å². The second kappa shape index (κ2) is 12.0. The van der Waals surface area contributed by atoms with Crippen molar-refractivity contribution in [2.45, 2.75) is 32.6 Å². The number of aryl methyl sites for hydroxylation is 2. The third-order valence-corrected chi connectivity index (χ3v) is 8.88. The summed E-state index contributed by atoms with van der Waals surface area (Å²) in [4.78, 5) is 27.7. The number of hydrogen-bond donors (Lipinski definition) is 2. The summed E-state index contributed by atoms with van der Waals surface area (Å²) in [5, 5.41) is 11.5. The van der Waals surface area contributed by atoms with E-state index < -0.39 is 0 Å². The highest BCUT2D eigenvalue weighted by atomic mass is 16.5. The number of pyridine rings is 1. The van der Waals surface area contributed by atoms with Crippen molar-refractivity contribution in [2.75, 3.05) is 68.1 Å². The molecular formula is C32H40N8O3. The van der Waals surface area contributed by atoms with Gasteiger partial charge < -0.3 is 25.0 Å². The zero-order valence-electron chi connectivity index (χ0n) is 25.0. The number of nitrogens with zero attached hydrogens (tertiary/aromatic N) is 6. The van der Waals surface area contributed by atoms with Gasteiger partial charge in [0, 0.05) is 56.7 Å². The number of carbonyl (C=O) groups excluding carboxylic acids is 1. The van der Waals surface area contributed by atoms with Gasteiger partial charge in [-0.15, -0.1) is 0 Å². The van der Waals surface area contributed by atoms with E-state index in [1.165, 1.54) is 12.8 Å². The molecule has 0 spiro atoms. The highest BCUT2D eigenvalue weighted by Crippen LogP contribution is 2.43. The maximum Gasteiger partial charge on any atom is 0.280 e. The van der Waals surface area contributed by atoms with Crippen LogP contribution in [-0.4, -0.2) is 84.1 Å². The summed E-state index contributed by atoms with van der Waals surface area (Å²) in [5.74, 6) is 2.11. The number of fused-ring (bicyclic) bond motifs is 7. The number of hydrogen-bond acceptors (Lipinski definition) is 9. The average Bonchev–Trinajstić information content (AvgIpc) is 3.71. The van der Waals surface area contributed by atoms with Crippen LogP contribution in [0.2, 0.25) is 0 Å². The minimum Gasteiger partial charge on any atom is -0.477 e. The molecule has 1 aromatic carbocycles. The smallest absolute Gasteiger partial charge is 0.280 e. The van der Waals surface area contributed by atoms with Crippen LogP contribution in [0.3, 0.4) is 0 Å². The average molecular weight is 585 g/mol. The molecule has 7 rings (SSSR count). The zero-order chi connectivity index (χ0) is 29.3. The van der Waals surface area contributed by atoms with Gasteiger partial charge in [-0.2, -0.15) is 10.1 Å². The van der Waals surface area contributed by atoms with Crippen LogP contribution in [0.5, 0.6) is 5.88 Å². The number of aromatic nitrogens is 3. The largest absolute Gasteiger partial charge is 0.477 e. The van der Waals surface area contributed by atoms with Crippen LogP contribution in [0.15, 0.2) is 41.5 Å². The monoisotopic (exact) mass is 584 g/mol. The third-order valence-electron chi connectivity index (χ3n) is 8.88. The summed E-state index contributed by atoms with van der Waals surface area (Å²) in [6, 6.07) is 9.99. The van der Waals surface area contributed by atoms with E-state index in [-0.39, 0.29) is 5.91 Å². The predicted octanol–water partition coefficient (Wildman–Crippen LogP) is 4.16. The van der Waals surface area contributed by atoms with Crippen molar-refractivity contribution in [3.05, 3.63) is 47.8 Å². The molecule has 3 aromatic rings. The van der Waals surface area contributed by atoms with Crippen LogP contribution in [-0.2, 0) is 11.8 Å². The summed E-state index contributed by atoms with van der Waals surface area (Å²) < 4.78 is 13.5. The first kappa shape index (κ1) is 27.8. The summed E-state index contributed by atoms with van der Waals surface area (Å²) >= 11 is 0. The second-order valence-electron chi connectivity index (χ2n) is 12.0. The Labute approximate surface area is 252 Å². The first-order valence-electron chi connectivity index (χ1n) is 15.5. The number of carbonyl (C=O) groups is 1. The lowest BCUT2D eigenvalue weighted by atomic mass is 9.97. The minimum atomic E-state index is -0.305. The van der Waals surface area contributed by atoms with Crippen LogP contribution in [0.4, 0.5) is 17.1 Å². The van der Waals surface area contributed by atoms with E-state index in [9.17, 15) is 4.79 Å². The summed E-state index contributed by atoms with van der Waals surface area (Å²) in [5.41, 5.74) is 5.73. The van der Waals surface area contributed by atoms with Crippen LogP contribution in [0.1, 0.15) is 41.7 Å². The first-order chi connectivity index (χ1) is 21.0. The number of ether oxygens (including phenoxy) is 2. The second-order valence-corrected chi connectivity index (χ2v) is 12.0. The van der Waals surface area contributed by atoms with Gasteiger partial charge in [0.05, 0.1) is 48.6 Å². The summed E-state index contributed by atoms with van der Waals surface area (Å²) in [7, 11) is 1.87. The fraction of sp³-hybridized carbons (Fsp3) is 0.500. The molecular weight excluding hydrogens is 544 g/mol. The Kier molecular flexibility index (Phi) is 7.75. The quantitative estimate of drug-likeness (QED) is 0.457. The highest BCUT2D eigenvalue weighted by molar-refractivity contribution is 6.19. The SMILES string of the molecule is Cc1cc2cc(n1)-c1cnn(C)c1OCCCC(C1CC1)CN1/C(=N/C2=O)Nc2cc(NCCN3CCOCC3)ccc21. The Morgan fingerprint density at radius 2 is 1.93 bits per heavy atom. The minimum absolute atomic E-state index is 0.305. The number of rotatable bonds is 5. The maximum atomic E-state index is 13.7. The lowest BCUT2D eigenvalue weighted by molar-refractivity contribution is 0.0398. The number of nitrogens with one attached hydrogen (secondary N) is 2. The molecule has 0 radical (unpaired) electrons. The molecule has 5 heterocycles. The van der Waals surface area contributed by atoms with Crippen molar-refractivity contribution >= 4 is 28.9 Å². The summed E-state index contributed by atoms with van der Waals surface area (Å²) in [6.45, 7) is 8.69. The molecule has 2 fully saturated rings. The Morgan fingerprint density at radius 1 is 1.07 bits per heavy atom. The number of aliphatic imine (C=N–C) groups is 1. The number of guanidine groups is 1. The molecule has 43 heavy (non-hydrogen) atoms. The van der Waals surface area contributed by atoms with Crippen LogP contribution in [0, 0.1) is 18.8 Å². The molecule has 4 aliphatic rings. The van der Waals surface area contributed by atoms with Gasteiger partial charge in [-0.3, -0.25) is 14.7 Å². The molecule has 2 bridgehead atoms. The Bertz CT molecular complexity index is 1520. The number of anilines is 3. The molecule has 1 saturated heterocycles. The lowest BCUT2D eigenvalue weighted by Gasteiger charge is -2.26. The lowest BCUT2D eigenvalue weighted by Crippen LogP contribution is -2.39. The molecule has 11 nitrogen and oxygen atoms in total. The topological polar surface area (TPSA) is 109 Å². The van der Waals surface area contributed by atoms with Gasteiger partial charge in [0.1, 0.15) is 0 Å². The van der Waals surface area contributed by atoms with Gasteiger partial charge in [0.2, 0.25) is 11.8 Å². The van der Waals surface area contributed by atoms with Gasteiger partial charge >= 0.3 is 0 Å². The molecule has 1 unspecified atom stereocenters. The molecule has 1 aliphatic carbocycles. The van der Waals surface area contributed by atoms with E-state index in [1.54, 1.807) is 23.0 Å². The number of amides is 1. The van der Waals surface area contributed by atoms with Crippen molar-refractivity contribution in [2.24, 2.45) is 23.9 Å². The van der Waals surface area contributed by atoms with Gasteiger partial charge in [-0.1, -0.05) is 0 Å². The van der Waals surface area contributed by atoms with Gasteiger partial charge in [-0.05, 0) is 74.8 Å². The van der Waals surface area contributed by atoms with E-state index in [1.807, 2.05) is 14.0 Å². The highest BCUT2D eigenvalue weighted by Gasteiger charge is 2.36. The van der Waals surface area contributed by atoms with Crippen LogP contribution >= 0.6 is 0 Å². The predicted molar refractivity (Wildman–Crippen MR) is 167 cm³/mol. The Morgan fingerprint density at radius 3 is 2.77 bits per heavy atom. The van der Waals surface area contributed by atoms with E-state index >= 15 is 0 Å². The van der Waals surface area contributed by atoms with Crippen molar-refractivity contribution < 1.29 is 14.3 Å². The molecule has 2 N–H and O–H groups in total. The molecule has 1 atom stereocenters. The Hall–Kier alpha value is -3.96. The molecule has 11 heteroatoms. The molecule has 226 valence electrons. The van der Waals surface area contributed by atoms with Crippen molar-refractivity contribution in [3.63, 3.8) is 0 Å². The van der Waals surface area contributed by atoms with Crippen LogP contribution in [0.25, 0.3) is 11.3 Å². The zero-order valence-corrected chi connectivity index (χ0v) is 25.0. The van der Waals surface area contributed by atoms with E-state index in [0.717, 1.165) is 87.1 Å². The number of benzene rings is 1. The van der Waals surface area contributed by atoms with Gasteiger partial charge in [-0.25, -0.2) is 4.68 Å². The van der Waals surface area contributed by atoms with Crippen molar-refractivity contribution in [3.8, 4) is 17.1 Å². The van der Waals surface area contributed by atoms with Crippen molar-refractivity contribution in [1.29, 1.82) is 0 Å². The normalized spacial score (nSPS) is 22.2. The Balaban J connectivity index is 1.19. The van der Waals surface area contributed by atoms with E-state index in [4.69, 9.17) is 14.5 Å². The van der Waals surface area contributed by atoms with E-state index in [0.29, 0.717) is 41.5 Å². The van der Waals surface area contributed by atoms with E-state index in [2.05, 4.69) is 48.7 Å². The fourth-order valence-electron chi connectivity index (χ4n) is 6.40. The summed E-state index contributed by atoms with van der Waals surface area (Å²) in [6.07, 6.45) is 6.23.